The predicted molar refractivity (Wildman–Crippen MR) is 127 cm³/mol. The fourth-order valence-corrected chi connectivity index (χ4v) is 5.36. The van der Waals surface area contributed by atoms with Crippen LogP contribution in [0.1, 0.15) is 16.1 Å². The third-order valence-corrected chi connectivity index (χ3v) is 7.17. The molecule has 0 N–H and O–H groups in total. The SMILES string of the molecule is COc1ccc2c(c1)cc(C(=O)c1ccc(OC)c(OC)c1OC)n2S(=O)(=O)c1ccccc1. The topological polar surface area (TPSA) is 93.1 Å². The number of hydrogen-bond acceptors (Lipinski definition) is 7. The minimum atomic E-state index is -4.12. The minimum Gasteiger partial charge on any atom is -0.497 e. The molecule has 9 heteroatoms. The maximum atomic E-state index is 13.8. The molecule has 176 valence electrons. The number of aromatic nitrogens is 1. The standard InChI is InChI=1S/C25H23NO7S/c1-30-17-10-12-20-16(14-17)15-21(26(20)34(28,29)18-8-6-5-7-9-18)23(27)19-11-13-22(31-2)25(33-4)24(19)32-3/h5-15H,1-4H3. The van der Waals surface area contributed by atoms with E-state index in [0.29, 0.717) is 22.4 Å². The van der Waals surface area contributed by atoms with E-state index in [-0.39, 0.29) is 27.7 Å². The smallest absolute Gasteiger partial charge is 0.268 e. The summed E-state index contributed by atoms with van der Waals surface area (Å²) >= 11 is 0. The van der Waals surface area contributed by atoms with Crippen molar-refractivity contribution >= 4 is 26.7 Å². The molecule has 1 aromatic heterocycles. The number of benzene rings is 3. The molecule has 0 aliphatic carbocycles. The fraction of sp³-hybridized carbons (Fsp3) is 0.160. The highest BCUT2D eigenvalue weighted by Crippen LogP contribution is 2.41. The Morgan fingerprint density at radius 1 is 0.765 bits per heavy atom. The van der Waals surface area contributed by atoms with Crippen LogP contribution >= 0.6 is 0 Å². The molecule has 0 aliphatic heterocycles. The van der Waals surface area contributed by atoms with Gasteiger partial charge in [0.15, 0.2) is 11.5 Å². The summed E-state index contributed by atoms with van der Waals surface area (Å²) in [7, 11) is 1.69. The molecular weight excluding hydrogens is 458 g/mol. The van der Waals surface area contributed by atoms with Crippen LogP contribution in [0.15, 0.2) is 71.6 Å². The Hall–Kier alpha value is -3.98. The van der Waals surface area contributed by atoms with E-state index in [1.165, 1.54) is 52.7 Å². The average molecular weight is 482 g/mol. The average Bonchev–Trinajstić information content (AvgIpc) is 3.27. The zero-order valence-electron chi connectivity index (χ0n) is 19.1. The van der Waals surface area contributed by atoms with Crippen LogP contribution in [-0.4, -0.2) is 46.6 Å². The molecule has 0 aliphatic rings. The molecule has 0 radical (unpaired) electrons. The summed E-state index contributed by atoms with van der Waals surface area (Å²) in [5.41, 5.74) is 0.407. The van der Waals surface area contributed by atoms with Crippen molar-refractivity contribution in [2.24, 2.45) is 0 Å². The number of hydrogen-bond donors (Lipinski definition) is 0. The summed E-state index contributed by atoms with van der Waals surface area (Å²) in [6.45, 7) is 0. The highest BCUT2D eigenvalue weighted by molar-refractivity contribution is 7.90. The number of rotatable bonds is 8. The predicted octanol–water partition coefficient (Wildman–Crippen LogP) is 4.14. The van der Waals surface area contributed by atoms with Crippen LogP contribution in [0, 0.1) is 0 Å². The first-order valence-electron chi connectivity index (χ1n) is 10.2. The van der Waals surface area contributed by atoms with Crippen LogP contribution in [0.2, 0.25) is 0 Å². The van der Waals surface area contributed by atoms with Gasteiger partial charge in [-0.2, -0.15) is 0 Å². The first-order chi connectivity index (χ1) is 16.4. The van der Waals surface area contributed by atoms with Crippen molar-refractivity contribution in [3.63, 3.8) is 0 Å². The maximum absolute atomic E-state index is 13.8. The van der Waals surface area contributed by atoms with Gasteiger partial charge in [-0.15, -0.1) is 0 Å². The van der Waals surface area contributed by atoms with Gasteiger partial charge in [0, 0.05) is 5.39 Å². The summed E-state index contributed by atoms with van der Waals surface area (Å²) in [4.78, 5) is 13.9. The summed E-state index contributed by atoms with van der Waals surface area (Å²) in [6.07, 6.45) is 0. The highest BCUT2D eigenvalue weighted by atomic mass is 32.2. The highest BCUT2D eigenvalue weighted by Gasteiger charge is 2.30. The van der Waals surface area contributed by atoms with E-state index in [1.807, 2.05) is 0 Å². The normalized spacial score (nSPS) is 11.3. The third kappa shape index (κ3) is 3.73. The van der Waals surface area contributed by atoms with Gasteiger partial charge in [0.2, 0.25) is 11.5 Å². The van der Waals surface area contributed by atoms with Gasteiger partial charge < -0.3 is 18.9 Å². The van der Waals surface area contributed by atoms with Gasteiger partial charge in [0.05, 0.1) is 44.4 Å². The number of ether oxygens (including phenoxy) is 4. The van der Waals surface area contributed by atoms with Gasteiger partial charge in [-0.1, -0.05) is 18.2 Å². The molecule has 3 aromatic carbocycles. The van der Waals surface area contributed by atoms with E-state index >= 15 is 0 Å². The molecule has 0 bridgehead atoms. The van der Waals surface area contributed by atoms with E-state index in [0.717, 1.165) is 3.97 Å². The minimum absolute atomic E-state index is 0.0524. The fourth-order valence-electron chi connectivity index (χ4n) is 3.83. The molecule has 1 heterocycles. The summed E-state index contributed by atoms with van der Waals surface area (Å²) in [5, 5.41) is 0.529. The van der Waals surface area contributed by atoms with Crippen molar-refractivity contribution in [2.45, 2.75) is 4.90 Å². The monoisotopic (exact) mass is 481 g/mol. The molecular formula is C25H23NO7S. The Kier molecular flexibility index (Phi) is 6.21. The van der Waals surface area contributed by atoms with E-state index in [1.54, 1.807) is 42.5 Å². The Morgan fingerprint density at radius 3 is 2.09 bits per heavy atom. The zero-order valence-corrected chi connectivity index (χ0v) is 19.9. The maximum Gasteiger partial charge on any atom is 0.268 e. The Morgan fingerprint density at radius 2 is 1.47 bits per heavy atom. The number of ketones is 1. The molecule has 0 spiro atoms. The lowest BCUT2D eigenvalue weighted by molar-refractivity contribution is 0.103. The lowest BCUT2D eigenvalue weighted by atomic mass is 10.1. The molecule has 4 aromatic rings. The second-order valence-electron chi connectivity index (χ2n) is 7.25. The summed E-state index contributed by atoms with van der Waals surface area (Å²) in [5.74, 6) is 0.708. The van der Waals surface area contributed by atoms with E-state index in [2.05, 4.69) is 0 Å². The number of carbonyl (C=O) groups is 1. The van der Waals surface area contributed by atoms with Gasteiger partial charge in [-0.3, -0.25) is 4.79 Å². The lowest BCUT2D eigenvalue weighted by Gasteiger charge is -2.16. The Bertz CT molecular complexity index is 1470. The second kappa shape index (κ2) is 9.11. The zero-order chi connectivity index (χ0) is 24.5. The van der Waals surface area contributed by atoms with Gasteiger partial charge in [-0.25, -0.2) is 12.4 Å². The van der Waals surface area contributed by atoms with Crippen LogP contribution in [0.25, 0.3) is 10.9 Å². The molecule has 0 unspecified atom stereocenters. The first kappa shape index (κ1) is 23.2. The van der Waals surface area contributed by atoms with Crippen LogP contribution in [0.4, 0.5) is 0 Å². The molecule has 0 atom stereocenters. The van der Waals surface area contributed by atoms with Crippen molar-refractivity contribution in [1.82, 2.24) is 3.97 Å². The molecule has 4 rings (SSSR count). The quantitative estimate of drug-likeness (QED) is 0.349. The van der Waals surface area contributed by atoms with Gasteiger partial charge in [0.25, 0.3) is 10.0 Å². The largest absolute Gasteiger partial charge is 0.497 e. The molecule has 0 saturated carbocycles. The molecule has 0 fully saturated rings. The van der Waals surface area contributed by atoms with Crippen molar-refractivity contribution in [1.29, 1.82) is 0 Å². The van der Waals surface area contributed by atoms with Crippen molar-refractivity contribution in [3.8, 4) is 23.0 Å². The van der Waals surface area contributed by atoms with E-state index in [9.17, 15) is 13.2 Å². The summed E-state index contributed by atoms with van der Waals surface area (Å²) in [6, 6.07) is 17.5. The van der Waals surface area contributed by atoms with Crippen LogP contribution in [0.3, 0.4) is 0 Å². The van der Waals surface area contributed by atoms with Crippen molar-refractivity contribution < 1.29 is 32.2 Å². The number of nitrogens with zero attached hydrogens (tertiary/aromatic N) is 1. The van der Waals surface area contributed by atoms with Crippen molar-refractivity contribution in [3.05, 3.63) is 78.0 Å². The second-order valence-corrected chi connectivity index (χ2v) is 9.03. The van der Waals surface area contributed by atoms with Gasteiger partial charge in [0.1, 0.15) is 11.4 Å². The summed E-state index contributed by atoms with van der Waals surface area (Å²) < 4.78 is 49.9. The van der Waals surface area contributed by atoms with Crippen LogP contribution in [0.5, 0.6) is 23.0 Å². The van der Waals surface area contributed by atoms with E-state index < -0.39 is 15.8 Å². The van der Waals surface area contributed by atoms with Gasteiger partial charge >= 0.3 is 0 Å². The molecule has 34 heavy (non-hydrogen) atoms. The van der Waals surface area contributed by atoms with E-state index in [4.69, 9.17) is 18.9 Å². The molecule has 8 nitrogen and oxygen atoms in total. The number of methoxy groups -OCH3 is 4. The van der Waals surface area contributed by atoms with Crippen LogP contribution < -0.4 is 18.9 Å². The molecule has 0 saturated heterocycles. The first-order valence-corrected chi connectivity index (χ1v) is 11.6. The lowest BCUT2D eigenvalue weighted by Crippen LogP contribution is -2.19. The third-order valence-electron chi connectivity index (χ3n) is 5.43. The van der Waals surface area contributed by atoms with Crippen molar-refractivity contribution in [2.75, 3.05) is 28.4 Å². The van der Waals surface area contributed by atoms with Gasteiger partial charge in [-0.05, 0) is 48.5 Å². The van der Waals surface area contributed by atoms with Crippen LogP contribution in [-0.2, 0) is 10.0 Å². The molecule has 0 amide bonds. The number of carbonyl (C=O) groups excluding carboxylic acids is 1. The Labute approximate surface area is 197 Å². The Balaban J connectivity index is 2.02. The number of fused-ring (bicyclic) bond motifs is 1.